The lowest BCUT2D eigenvalue weighted by Gasteiger charge is -2.40. The van der Waals surface area contributed by atoms with Crippen molar-refractivity contribution in [3.63, 3.8) is 0 Å². The molecule has 0 radical (unpaired) electrons. The van der Waals surface area contributed by atoms with Crippen LogP contribution in [0.15, 0.2) is 4.52 Å². The van der Waals surface area contributed by atoms with Gasteiger partial charge in [-0.15, -0.1) is 0 Å². The van der Waals surface area contributed by atoms with Crippen molar-refractivity contribution in [2.45, 2.75) is 38.0 Å². The minimum Gasteiger partial charge on any atom is -0.365 e. The molecule has 2 N–H and O–H groups in total. The molecule has 4 heteroatoms. The van der Waals surface area contributed by atoms with Crippen molar-refractivity contribution in [3.05, 3.63) is 5.89 Å². The number of nitrogens with zero attached hydrogens (tertiary/aromatic N) is 2. The first-order valence-corrected chi connectivity index (χ1v) is 5.42. The van der Waals surface area contributed by atoms with E-state index in [2.05, 4.69) is 10.1 Å². The minimum absolute atomic E-state index is 0.279. The molecule has 14 heavy (non-hydrogen) atoms. The Hall–Kier alpha value is -1.06. The van der Waals surface area contributed by atoms with Crippen molar-refractivity contribution in [2.75, 3.05) is 5.73 Å². The highest BCUT2D eigenvalue weighted by atomic mass is 16.5. The van der Waals surface area contributed by atoms with E-state index in [1.54, 1.807) is 0 Å². The van der Waals surface area contributed by atoms with Crippen molar-refractivity contribution in [1.29, 1.82) is 0 Å². The van der Waals surface area contributed by atoms with Crippen LogP contribution in [-0.4, -0.2) is 10.1 Å². The van der Waals surface area contributed by atoms with Gasteiger partial charge < -0.3 is 10.3 Å². The fraction of sp³-hybridized carbons (Fsp3) is 0.800. The van der Waals surface area contributed by atoms with Gasteiger partial charge in [-0.05, 0) is 36.3 Å². The number of aromatic nitrogens is 2. The summed E-state index contributed by atoms with van der Waals surface area (Å²) < 4.78 is 5.17. The molecule has 0 saturated heterocycles. The zero-order valence-electron chi connectivity index (χ0n) is 8.15. The van der Waals surface area contributed by atoms with Crippen molar-refractivity contribution in [3.8, 4) is 0 Å². The predicted octanol–water partition coefficient (Wildman–Crippen LogP) is 1.95. The summed E-state index contributed by atoms with van der Waals surface area (Å²) in [5.74, 6) is 3.20. The molecule has 3 fully saturated rings. The Balaban J connectivity index is 1.85. The number of nitrogens with two attached hydrogens (primary N) is 1. The monoisotopic (exact) mass is 193 g/mol. The van der Waals surface area contributed by atoms with Gasteiger partial charge in [-0.1, -0.05) is 12.8 Å². The largest absolute Gasteiger partial charge is 0.365 e. The third-order valence-electron chi connectivity index (χ3n) is 3.82. The van der Waals surface area contributed by atoms with Crippen LogP contribution >= 0.6 is 0 Å². The molecule has 0 spiro atoms. The Bertz CT molecular complexity index is 328. The fourth-order valence-electron chi connectivity index (χ4n) is 3.08. The number of fused-ring (bicyclic) bond motifs is 3. The van der Waals surface area contributed by atoms with E-state index < -0.39 is 0 Å². The quantitative estimate of drug-likeness (QED) is 0.740. The third kappa shape index (κ3) is 1.21. The van der Waals surface area contributed by atoms with Crippen LogP contribution < -0.4 is 5.73 Å². The smallest absolute Gasteiger partial charge is 0.260 e. The van der Waals surface area contributed by atoms with Gasteiger partial charge in [-0.25, -0.2) is 0 Å². The number of hydrogen-bond acceptors (Lipinski definition) is 4. The summed E-state index contributed by atoms with van der Waals surface area (Å²) >= 11 is 0. The molecule has 1 unspecified atom stereocenters. The maximum absolute atomic E-state index is 5.47. The number of anilines is 1. The van der Waals surface area contributed by atoms with E-state index in [1.807, 2.05) is 0 Å². The summed E-state index contributed by atoms with van der Waals surface area (Å²) in [7, 11) is 0. The van der Waals surface area contributed by atoms with Crippen LogP contribution in [0.4, 0.5) is 5.95 Å². The normalized spacial score (nSPS) is 36.1. The SMILES string of the molecule is Nc1noc(C2CC3CCC2CC3)n1. The Kier molecular flexibility index (Phi) is 1.75. The second kappa shape index (κ2) is 2.97. The number of nitrogen functional groups attached to an aromatic ring is 1. The maximum Gasteiger partial charge on any atom is 0.260 e. The Labute approximate surface area is 82.9 Å². The van der Waals surface area contributed by atoms with Gasteiger partial charge in [-0.2, -0.15) is 4.98 Å². The second-order valence-corrected chi connectivity index (χ2v) is 4.61. The average Bonchev–Trinajstić information content (AvgIpc) is 2.66. The van der Waals surface area contributed by atoms with Gasteiger partial charge in [0.2, 0.25) is 5.89 Å². The summed E-state index contributed by atoms with van der Waals surface area (Å²) in [6.45, 7) is 0. The first kappa shape index (κ1) is 8.26. The molecule has 76 valence electrons. The Morgan fingerprint density at radius 2 is 2.00 bits per heavy atom. The van der Waals surface area contributed by atoms with Crippen LogP contribution in [0.2, 0.25) is 0 Å². The highest BCUT2D eigenvalue weighted by Gasteiger charge is 2.39. The summed E-state index contributed by atoms with van der Waals surface area (Å²) in [6.07, 6.45) is 6.68. The van der Waals surface area contributed by atoms with E-state index in [9.17, 15) is 0 Å². The van der Waals surface area contributed by atoms with Gasteiger partial charge in [0.25, 0.3) is 5.95 Å². The maximum atomic E-state index is 5.47. The average molecular weight is 193 g/mol. The molecular formula is C10H15N3O. The summed E-state index contributed by atoms with van der Waals surface area (Å²) in [6, 6.07) is 0. The minimum atomic E-state index is 0.279. The van der Waals surface area contributed by atoms with Crippen molar-refractivity contribution < 1.29 is 4.52 Å². The zero-order valence-corrected chi connectivity index (χ0v) is 8.15. The lowest BCUT2D eigenvalue weighted by Crippen LogP contribution is -2.29. The van der Waals surface area contributed by atoms with Gasteiger partial charge in [0.15, 0.2) is 0 Å². The highest BCUT2D eigenvalue weighted by molar-refractivity contribution is 5.13. The third-order valence-corrected chi connectivity index (χ3v) is 3.82. The van der Waals surface area contributed by atoms with Crippen LogP contribution in [0.3, 0.4) is 0 Å². The number of hydrogen-bond donors (Lipinski definition) is 1. The first-order chi connectivity index (χ1) is 6.83. The van der Waals surface area contributed by atoms with E-state index in [0.29, 0.717) is 5.92 Å². The van der Waals surface area contributed by atoms with Crippen molar-refractivity contribution in [2.24, 2.45) is 11.8 Å². The fourth-order valence-corrected chi connectivity index (χ4v) is 3.08. The molecule has 4 nitrogen and oxygen atoms in total. The van der Waals surface area contributed by atoms with Crippen LogP contribution in [0.5, 0.6) is 0 Å². The van der Waals surface area contributed by atoms with Crippen LogP contribution in [0.25, 0.3) is 0 Å². The summed E-state index contributed by atoms with van der Waals surface area (Å²) in [5, 5.41) is 3.67. The topological polar surface area (TPSA) is 64.9 Å². The van der Waals surface area contributed by atoms with Gasteiger partial charge in [0.1, 0.15) is 0 Å². The second-order valence-electron chi connectivity index (χ2n) is 4.61. The van der Waals surface area contributed by atoms with Gasteiger partial charge in [0.05, 0.1) is 0 Å². The molecule has 3 aliphatic rings. The van der Waals surface area contributed by atoms with E-state index in [0.717, 1.165) is 17.7 Å². The number of rotatable bonds is 1. The molecule has 0 amide bonds. The molecule has 0 aromatic carbocycles. The molecular weight excluding hydrogens is 178 g/mol. The molecule has 1 aromatic rings. The van der Waals surface area contributed by atoms with Gasteiger partial charge in [-0.3, -0.25) is 0 Å². The lowest BCUT2D eigenvalue weighted by atomic mass is 9.65. The molecule has 1 atom stereocenters. The Morgan fingerprint density at radius 3 is 2.50 bits per heavy atom. The molecule has 3 aliphatic carbocycles. The van der Waals surface area contributed by atoms with E-state index in [1.165, 1.54) is 32.1 Å². The highest BCUT2D eigenvalue weighted by Crippen LogP contribution is 2.49. The summed E-state index contributed by atoms with van der Waals surface area (Å²) in [5.41, 5.74) is 5.47. The van der Waals surface area contributed by atoms with Crippen LogP contribution in [-0.2, 0) is 0 Å². The molecule has 1 heterocycles. The van der Waals surface area contributed by atoms with Crippen molar-refractivity contribution in [1.82, 2.24) is 10.1 Å². The van der Waals surface area contributed by atoms with E-state index in [4.69, 9.17) is 10.3 Å². The first-order valence-electron chi connectivity index (χ1n) is 5.42. The molecule has 2 bridgehead atoms. The molecule has 3 saturated carbocycles. The van der Waals surface area contributed by atoms with E-state index in [-0.39, 0.29) is 5.95 Å². The Morgan fingerprint density at radius 1 is 1.21 bits per heavy atom. The lowest BCUT2D eigenvalue weighted by molar-refractivity contribution is 0.123. The van der Waals surface area contributed by atoms with Crippen LogP contribution in [0.1, 0.15) is 43.9 Å². The summed E-state index contributed by atoms with van der Waals surface area (Å²) in [4.78, 5) is 4.15. The van der Waals surface area contributed by atoms with Crippen molar-refractivity contribution >= 4 is 5.95 Å². The van der Waals surface area contributed by atoms with E-state index >= 15 is 0 Å². The van der Waals surface area contributed by atoms with Gasteiger partial charge in [0, 0.05) is 5.92 Å². The standard InChI is InChI=1S/C10H15N3O/c11-10-12-9(14-13-10)8-5-6-1-3-7(8)4-2-6/h6-8H,1-5H2,(H2,11,13). The molecule has 1 aromatic heterocycles. The molecule has 0 aliphatic heterocycles. The molecule has 4 rings (SSSR count). The zero-order chi connectivity index (χ0) is 9.54. The van der Waals surface area contributed by atoms with Crippen LogP contribution in [0, 0.1) is 11.8 Å². The predicted molar refractivity (Wildman–Crippen MR) is 51.5 cm³/mol. The van der Waals surface area contributed by atoms with Gasteiger partial charge >= 0.3 is 0 Å².